The first-order valence-electron chi connectivity index (χ1n) is 11.8. The maximum Gasteiger partial charge on any atom is 0.224 e. The van der Waals surface area contributed by atoms with Gasteiger partial charge in [-0.2, -0.15) is 0 Å². The van der Waals surface area contributed by atoms with Crippen LogP contribution in [0.15, 0.2) is 36.7 Å². The summed E-state index contributed by atoms with van der Waals surface area (Å²) in [6.45, 7) is 5.93. The average Bonchev–Trinajstić information content (AvgIpc) is 3.32. The van der Waals surface area contributed by atoms with Crippen molar-refractivity contribution in [3.63, 3.8) is 0 Å². The second kappa shape index (κ2) is 9.22. The Balaban J connectivity index is 1.23. The molecule has 1 atom stereocenters. The van der Waals surface area contributed by atoms with Gasteiger partial charge in [0.25, 0.3) is 0 Å². The van der Waals surface area contributed by atoms with Crippen LogP contribution in [0, 0.1) is 5.92 Å². The van der Waals surface area contributed by atoms with Gasteiger partial charge in [0.05, 0.1) is 17.0 Å². The lowest BCUT2D eigenvalue weighted by molar-refractivity contribution is -0.125. The van der Waals surface area contributed by atoms with E-state index in [1.807, 2.05) is 18.2 Å². The first kappa shape index (κ1) is 20.2. The van der Waals surface area contributed by atoms with E-state index in [-0.39, 0.29) is 11.8 Å². The zero-order chi connectivity index (χ0) is 21.0. The molecule has 164 valence electrons. The van der Waals surface area contributed by atoms with E-state index < -0.39 is 0 Å². The van der Waals surface area contributed by atoms with Gasteiger partial charge in [-0.1, -0.05) is 6.42 Å². The number of hydrogen-bond acceptors (Lipinski definition) is 5. The van der Waals surface area contributed by atoms with E-state index >= 15 is 0 Å². The number of rotatable bonds is 6. The fraction of sp³-hybridized carbons (Fsp3) is 0.542. The second-order valence-electron chi connectivity index (χ2n) is 8.88. The second-order valence-corrected chi connectivity index (χ2v) is 8.88. The number of aromatic nitrogens is 3. The molecule has 7 heteroatoms. The van der Waals surface area contributed by atoms with Gasteiger partial charge >= 0.3 is 0 Å². The van der Waals surface area contributed by atoms with Gasteiger partial charge in [0, 0.05) is 32.0 Å². The molecule has 31 heavy (non-hydrogen) atoms. The van der Waals surface area contributed by atoms with Crippen molar-refractivity contribution in [2.45, 2.75) is 38.5 Å². The standard InChI is InChI=1S/C24H32N6O/c31-24(26-12-7-15-28-13-2-1-3-14-28)19-8-5-16-29(18-19)23-21-10-6-17-30(21)20-9-4-11-25-22(20)27-23/h4,6,9-11,17,19H,1-3,5,7-8,12-16,18H2,(H,26,31). The molecule has 0 aromatic carbocycles. The molecule has 2 aliphatic rings. The molecular weight excluding hydrogens is 388 g/mol. The molecule has 5 heterocycles. The maximum atomic E-state index is 12.9. The molecule has 7 nitrogen and oxygen atoms in total. The summed E-state index contributed by atoms with van der Waals surface area (Å²) in [6.07, 6.45) is 10.8. The highest BCUT2D eigenvalue weighted by Crippen LogP contribution is 2.28. The average molecular weight is 421 g/mol. The van der Waals surface area contributed by atoms with Gasteiger partial charge in [0.2, 0.25) is 5.91 Å². The van der Waals surface area contributed by atoms with Crippen LogP contribution in [0.2, 0.25) is 0 Å². The zero-order valence-electron chi connectivity index (χ0n) is 18.2. The highest BCUT2D eigenvalue weighted by atomic mass is 16.1. The normalized spacial score (nSPS) is 20.4. The molecule has 0 spiro atoms. The van der Waals surface area contributed by atoms with Crippen LogP contribution in [0.4, 0.5) is 5.82 Å². The number of likely N-dealkylation sites (tertiary alicyclic amines) is 1. The van der Waals surface area contributed by atoms with Crippen molar-refractivity contribution in [2.75, 3.05) is 44.2 Å². The Morgan fingerprint density at radius 3 is 2.84 bits per heavy atom. The van der Waals surface area contributed by atoms with E-state index in [4.69, 9.17) is 4.98 Å². The molecule has 1 N–H and O–H groups in total. The number of amides is 1. The predicted molar refractivity (Wildman–Crippen MR) is 123 cm³/mol. The van der Waals surface area contributed by atoms with Gasteiger partial charge in [-0.25, -0.2) is 9.97 Å². The van der Waals surface area contributed by atoms with Crippen molar-refractivity contribution in [1.29, 1.82) is 0 Å². The SMILES string of the molecule is O=C(NCCCN1CCCCC1)C1CCCN(c2nc3ncccc3n3cccc23)C1. The Kier molecular flexibility index (Phi) is 6.02. The lowest BCUT2D eigenvalue weighted by Gasteiger charge is -2.33. The molecule has 2 saturated heterocycles. The minimum Gasteiger partial charge on any atom is -0.356 e. The summed E-state index contributed by atoms with van der Waals surface area (Å²) >= 11 is 0. The number of fused-ring (bicyclic) bond motifs is 3. The summed E-state index contributed by atoms with van der Waals surface area (Å²) in [5, 5.41) is 3.20. The third kappa shape index (κ3) is 4.37. The van der Waals surface area contributed by atoms with Crippen LogP contribution in [0.25, 0.3) is 16.7 Å². The topological polar surface area (TPSA) is 65.8 Å². The molecule has 1 unspecified atom stereocenters. The van der Waals surface area contributed by atoms with E-state index in [9.17, 15) is 4.79 Å². The summed E-state index contributed by atoms with van der Waals surface area (Å²) in [4.78, 5) is 27.0. The maximum absolute atomic E-state index is 12.9. The number of pyridine rings is 1. The predicted octanol–water partition coefficient (Wildman–Crippen LogP) is 3.09. The van der Waals surface area contributed by atoms with Crippen LogP contribution >= 0.6 is 0 Å². The van der Waals surface area contributed by atoms with Crippen molar-refractivity contribution in [3.8, 4) is 0 Å². The summed E-state index contributed by atoms with van der Waals surface area (Å²) in [5.41, 5.74) is 2.82. The van der Waals surface area contributed by atoms with Crippen LogP contribution in [0.1, 0.15) is 38.5 Å². The monoisotopic (exact) mass is 420 g/mol. The van der Waals surface area contributed by atoms with Crippen molar-refractivity contribution < 1.29 is 4.79 Å². The molecule has 2 aliphatic heterocycles. The number of hydrogen-bond donors (Lipinski definition) is 1. The fourth-order valence-corrected chi connectivity index (χ4v) is 5.05. The Morgan fingerprint density at radius 2 is 1.94 bits per heavy atom. The molecule has 1 amide bonds. The first-order chi connectivity index (χ1) is 15.3. The third-order valence-electron chi connectivity index (χ3n) is 6.71. The molecule has 3 aromatic heterocycles. The minimum atomic E-state index is 0.0139. The Hall–Kier alpha value is -2.67. The third-order valence-corrected chi connectivity index (χ3v) is 6.71. The number of nitrogens with one attached hydrogen (secondary N) is 1. The van der Waals surface area contributed by atoms with Crippen LogP contribution in [0.5, 0.6) is 0 Å². The zero-order valence-corrected chi connectivity index (χ0v) is 18.2. The fourth-order valence-electron chi connectivity index (χ4n) is 5.05. The van der Waals surface area contributed by atoms with Crippen molar-refractivity contribution in [2.24, 2.45) is 5.92 Å². The minimum absolute atomic E-state index is 0.0139. The summed E-state index contributed by atoms with van der Waals surface area (Å²) in [5.74, 6) is 1.13. The largest absolute Gasteiger partial charge is 0.356 e. The number of piperidine rings is 2. The lowest BCUT2D eigenvalue weighted by atomic mass is 9.97. The quantitative estimate of drug-likeness (QED) is 0.621. The Bertz CT molecular complexity index is 1040. The molecule has 0 saturated carbocycles. The molecule has 0 radical (unpaired) electrons. The highest BCUT2D eigenvalue weighted by Gasteiger charge is 2.28. The molecular formula is C24H32N6O. The molecule has 0 bridgehead atoms. The summed E-state index contributed by atoms with van der Waals surface area (Å²) in [6, 6.07) is 8.13. The molecule has 2 fully saturated rings. The van der Waals surface area contributed by atoms with Gasteiger partial charge in [0.15, 0.2) is 11.5 Å². The first-order valence-corrected chi connectivity index (χ1v) is 11.8. The van der Waals surface area contributed by atoms with Crippen LogP contribution in [-0.2, 0) is 4.79 Å². The van der Waals surface area contributed by atoms with Gasteiger partial charge in [-0.05, 0) is 76.0 Å². The van der Waals surface area contributed by atoms with Crippen molar-refractivity contribution in [1.82, 2.24) is 24.6 Å². The Labute approximate surface area is 183 Å². The van der Waals surface area contributed by atoms with Crippen LogP contribution in [-0.4, -0.2) is 64.4 Å². The van der Waals surface area contributed by atoms with Gasteiger partial charge < -0.3 is 19.5 Å². The van der Waals surface area contributed by atoms with Gasteiger partial charge in [0.1, 0.15) is 0 Å². The Morgan fingerprint density at radius 1 is 1.06 bits per heavy atom. The number of carbonyl (C=O) groups is 1. The van der Waals surface area contributed by atoms with Crippen molar-refractivity contribution in [3.05, 3.63) is 36.7 Å². The van der Waals surface area contributed by atoms with E-state index in [2.05, 4.69) is 36.8 Å². The summed E-state index contributed by atoms with van der Waals surface area (Å²) in [7, 11) is 0. The van der Waals surface area contributed by atoms with E-state index in [1.165, 1.54) is 32.4 Å². The van der Waals surface area contributed by atoms with Crippen LogP contribution in [0.3, 0.4) is 0 Å². The van der Waals surface area contributed by atoms with Crippen LogP contribution < -0.4 is 10.2 Å². The van der Waals surface area contributed by atoms with E-state index in [1.54, 1.807) is 6.20 Å². The molecule has 5 rings (SSSR count). The number of nitrogens with zero attached hydrogens (tertiary/aromatic N) is 5. The van der Waals surface area contributed by atoms with E-state index in [0.717, 1.165) is 61.4 Å². The van der Waals surface area contributed by atoms with E-state index in [0.29, 0.717) is 6.54 Å². The molecule has 0 aliphatic carbocycles. The molecule has 3 aromatic rings. The smallest absolute Gasteiger partial charge is 0.224 e. The van der Waals surface area contributed by atoms with Gasteiger partial charge in [-0.15, -0.1) is 0 Å². The van der Waals surface area contributed by atoms with Gasteiger partial charge in [-0.3, -0.25) is 4.79 Å². The number of anilines is 1. The summed E-state index contributed by atoms with van der Waals surface area (Å²) < 4.78 is 2.15. The van der Waals surface area contributed by atoms with Crippen molar-refractivity contribution >= 4 is 28.4 Å². The number of carbonyl (C=O) groups excluding carboxylic acids is 1. The highest BCUT2D eigenvalue weighted by molar-refractivity contribution is 5.84. The lowest BCUT2D eigenvalue weighted by Crippen LogP contribution is -2.44.